The zero-order chi connectivity index (χ0) is 13.6. The fourth-order valence-corrected chi connectivity index (χ4v) is 2.33. The molecule has 0 spiro atoms. The van der Waals surface area contributed by atoms with Crippen molar-refractivity contribution in [1.82, 2.24) is 10.6 Å². The van der Waals surface area contributed by atoms with Crippen molar-refractivity contribution in [2.24, 2.45) is 5.92 Å². The van der Waals surface area contributed by atoms with Gasteiger partial charge >= 0.3 is 6.09 Å². The van der Waals surface area contributed by atoms with Crippen LogP contribution in [0.5, 0.6) is 0 Å². The monoisotopic (exact) mass is 256 g/mol. The van der Waals surface area contributed by atoms with Gasteiger partial charge in [0.15, 0.2) is 0 Å². The molecule has 0 bridgehead atoms. The van der Waals surface area contributed by atoms with E-state index in [1.165, 1.54) is 19.3 Å². The van der Waals surface area contributed by atoms with Crippen LogP contribution in [-0.2, 0) is 4.74 Å². The third kappa shape index (κ3) is 6.24. The fourth-order valence-electron chi connectivity index (χ4n) is 2.33. The maximum Gasteiger partial charge on any atom is 0.407 e. The van der Waals surface area contributed by atoms with Crippen molar-refractivity contribution in [2.75, 3.05) is 13.1 Å². The quantitative estimate of drug-likeness (QED) is 0.744. The second-order valence-corrected chi connectivity index (χ2v) is 6.25. The molecule has 1 rings (SSSR count). The van der Waals surface area contributed by atoms with Crippen LogP contribution in [0, 0.1) is 5.92 Å². The van der Waals surface area contributed by atoms with Crippen molar-refractivity contribution >= 4 is 6.09 Å². The van der Waals surface area contributed by atoms with Crippen molar-refractivity contribution in [3.8, 4) is 0 Å². The summed E-state index contributed by atoms with van der Waals surface area (Å²) in [7, 11) is 0. The maximum atomic E-state index is 11.4. The summed E-state index contributed by atoms with van der Waals surface area (Å²) in [6, 6.07) is 0.673. The number of carbonyl (C=O) groups is 1. The Hall–Kier alpha value is -0.770. The normalized spacial score (nSPS) is 24.0. The summed E-state index contributed by atoms with van der Waals surface area (Å²) in [6.07, 6.45) is 4.60. The Morgan fingerprint density at radius 2 is 2.00 bits per heavy atom. The number of ether oxygens (including phenoxy) is 1. The Morgan fingerprint density at radius 1 is 1.28 bits per heavy atom. The van der Waals surface area contributed by atoms with Gasteiger partial charge in [-0.15, -0.1) is 0 Å². The zero-order valence-corrected chi connectivity index (χ0v) is 12.2. The molecule has 4 nitrogen and oxygen atoms in total. The third-order valence-corrected chi connectivity index (χ3v) is 3.29. The van der Waals surface area contributed by atoms with E-state index in [2.05, 4.69) is 17.6 Å². The van der Waals surface area contributed by atoms with Crippen LogP contribution in [0.4, 0.5) is 4.79 Å². The number of nitrogens with one attached hydrogen (secondary N) is 2. The van der Waals surface area contributed by atoms with Gasteiger partial charge < -0.3 is 15.4 Å². The highest BCUT2D eigenvalue weighted by atomic mass is 16.6. The Balaban J connectivity index is 2.00. The van der Waals surface area contributed by atoms with E-state index in [0.29, 0.717) is 12.6 Å². The summed E-state index contributed by atoms with van der Waals surface area (Å²) in [6.45, 7) is 9.55. The van der Waals surface area contributed by atoms with E-state index in [-0.39, 0.29) is 6.09 Å². The minimum absolute atomic E-state index is 0.322. The van der Waals surface area contributed by atoms with Crippen molar-refractivity contribution in [2.45, 2.75) is 65.0 Å². The molecular weight excluding hydrogens is 228 g/mol. The average molecular weight is 256 g/mol. The lowest BCUT2D eigenvalue weighted by Crippen LogP contribution is -2.36. The topological polar surface area (TPSA) is 50.4 Å². The molecule has 0 aromatic heterocycles. The zero-order valence-electron chi connectivity index (χ0n) is 12.2. The molecule has 0 saturated heterocycles. The summed E-state index contributed by atoms with van der Waals surface area (Å²) in [5, 5.41) is 6.34. The Bertz CT molecular complexity index is 261. The largest absolute Gasteiger partial charge is 0.444 e. The van der Waals surface area contributed by atoms with Crippen molar-refractivity contribution in [1.29, 1.82) is 0 Å². The van der Waals surface area contributed by atoms with Gasteiger partial charge in [0.25, 0.3) is 0 Å². The van der Waals surface area contributed by atoms with Crippen LogP contribution < -0.4 is 10.6 Å². The summed E-state index contributed by atoms with van der Waals surface area (Å²) in [5.74, 6) is 0.795. The molecule has 0 aromatic carbocycles. The van der Waals surface area contributed by atoms with Crippen LogP contribution in [-0.4, -0.2) is 30.8 Å². The molecule has 1 aliphatic rings. The summed E-state index contributed by atoms with van der Waals surface area (Å²) < 4.78 is 5.16. The van der Waals surface area contributed by atoms with E-state index in [1.807, 2.05) is 20.8 Å². The first-order valence-electron chi connectivity index (χ1n) is 7.09. The first-order chi connectivity index (χ1) is 8.38. The second kappa shape index (κ2) is 6.98. The number of amides is 1. The molecule has 18 heavy (non-hydrogen) atoms. The van der Waals surface area contributed by atoms with Crippen LogP contribution in [0.3, 0.4) is 0 Å². The van der Waals surface area contributed by atoms with Gasteiger partial charge in [-0.05, 0) is 52.5 Å². The summed E-state index contributed by atoms with van der Waals surface area (Å²) in [4.78, 5) is 11.4. The van der Waals surface area contributed by atoms with Crippen LogP contribution in [0.25, 0.3) is 0 Å². The number of hydrogen-bond acceptors (Lipinski definition) is 3. The highest BCUT2D eigenvalue weighted by Gasteiger charge is 2.22. The Kier molecular flexibility index (Phi) is 5.93. The molecule has 2 N–H and O–H groups in total. The number of rotatable bonds is 5. The molecule has 2 atom stereocenters. The smallest absolute Gasteiger partial charge is 0.407 e. The molecule has 1 aliphatic carbocycles. The van der Waals surface area contributed by atoms with Gasteiger partial charge in [-0.1, -0.05) is 13.3 Å². The maximum absolute atomic E-state index is 11.4. The third-order valence-electron chi connectivity index (χ3n) is 3.29. The van der Waals surface area contributed by atoms with Crippen LogP contribution in [0.1, 0.15) is 53.4 Å². The van der Waals surface area contributed by atoms with Gasteiger partial charge in [-0.25, -0.2) is 4.79 Å². The van der Waals surface area contributed by atoms with Gasteiger partial charge in [0.1, 0.15) is 5.60 Å². The fraction of sp³-hybridized carbons (Fsp3) is 0.929. The predicted octanol–water partition coefficient (Wildman–Crippen LogP) is 2.68. The van der Waals surface area contributed by atoms with E-state index in [9.17, 15) is 4.79 Å². The predicted molar refractivity (Wildman–Crippen MR) is 73.7 cm³/mol. The average Bonchev–Trinajstić information content (AvgIpc) is 2.61. The SMILES string of the molecule is CC1CCCC1NCCCNC(=O)OC(C)(C)C. The van der Waals surface area contributed by atoms with Gasteiger partial charge in [-0.2, -0.15) is 0 Å². The molecule has 1 fully saturated rings. The highest BCUT2D eigenvalue weighted by molar-refractivity contribution is 5.67. The molecule has 1 amide bonds. The highest BCUT2D eigenvalue weighted by Crippen LogP contribution is 2.24. The molecule has 2 unspecified atom stereocenters. The molecule has 106 valence electrons. The second-order valence-electron chi connectivity index (χ2n) is 6.25. The van der Waals surface area contributed by atoms with E-state index in [4.69, 9.17) is 4.74 Å². The minimum atomic E-state index is -0.415. The van der Waals surface area contributed by atoms with Crippen LogP contribution in [0.2, 0.25) is 0 Å². The standard InChI is InChI=1S/C14H28N2O2/c1-11-7-5-8-12(11)15-9-6-10-16-13(17)18-14(2,3)4/h11-12,15H,5-10H2,1-4H3,(H,16,17). The van der Waals surface area contributed by atoms with E-state index < -0.39 is 5.60 Å². The minimum Gasteiger partial charge on any atom is -0.444 e. The molecule has 0 heterocycles. The lowest BCUT2D eigenvalue weighted by Gasteiger charge is -2.20. The molecule has 0 radical (unpaired) electrons. The number of hydrogen-bond donors (Lipinski definition) is 2. The number of carbonyl (C=O) groups excluding carboxylic acids is 1. The van der Waals surface area contributed by atoms with Gasteiger partial charge in [0, 0.05) is 12.6 Å². The first kappa shape index (κ1) is 15.3. The molecule has 1 saturated carbocycles. The van der Waals surface area contributed by atoms with Crippen molar-refractivity contribution < 1.29 is 9.53 Å². The lowest BCUT2D eigenvalue weighted by molar-refractivity contribution is 0.0527. The van der Waals surface area contributed by atoms with Crippen molar-refractivity contribution in [3.05, 3.63) is 0 Å². The van der Waals surface area contributed by atoms with Crippen molar-refractivity contribution in [3.63, 3.8) is 0 Å². The van der Waals surface area contributed by atoms with Gasteiger partial charge in [0.05, 0.1) is 0 Å². The Morgan fingerprint density at radius 3 is 2.56 bits per heavy atom. The molecular formula is C14H28N2O2. The molecule has 4 heteroatoms. The lowest BCUT2D eigenvalue weighted by atomic mass is 10.1. The Labute approximate surface area is 111 Å². The molecule has 0 aromatic rings. The van der Waals surface area contributed by atoms with Crippen LogP contribution in [0.15, 0.2) is 0 Å². The van der Waals surface area contributed by atoms with Gasteiger partial charge in [0.2, 0.25) is 0 Å². The van der Waals surface area contributed by atoms with E-state index in [1.54, 1.807) is 0 Å². The molecule has 0 aliphatic heterocycles. The summed E-state index contributed by atoms with van der Waals surface area (Å²) >= 11 is 0. The van der Waals surface area contributed by atoms with E-state index >= 15 is 0 Å². The van der Waals surface area contributed by atoms with Gasteiger partial charge in [-0.3, -0.25) is 0 Å². The van der Waals surface area contributed by atoms with E-state index in [0.717, 1.165) is 18.9 Å². The summed E-state index contributed by atoms with van der Waals surface area (Å²) in [5.41, 5.74) is -0.415. The van der Waals surface area contributed by atoms with Crippen LogP contribution >= 0.6 is 0 Å². The number of alkyl carbamates (subject to hydrolysis) is 1. The first-order valence-corrected chi connectivity index (χ1v) is 7.09.